The van der Waals surface area contributed by atoms with E-state index in [1.54, 1.807) is 18.6 Å². The summed E-state index contributed by atoms with van der Waals surface area (Å²) in [5.41, 5.74) is 7.26. The van der Waals surface area contributed by atoms with Gasteiger partial charge in [0.2, 0.25) is 0 Å². The van der Waals surface area contributed by atoms with Crippen LogP contribution in [0.4, 0.5) is 5.82 Å². The van der Waals surface area contributed by atoms with Gasteiger partial charge in [0.05, 0.1) is 18.1 Å². The van der Waals surface area contributed by atoms with Crippen molar-refractivity contribution in [3.8, 4) is 11.4 Å². The number of hydrogen-bond donors (Lipinski definition) is 1. The lowest BCUT2D eigenvalue weighted by Crippen LogP contribution is -2.02. The first-order valence-electron chi connectivity index (χ1n) is 4.91. The van der Waals surface area contributed by atoms with Crippen LogP contribution in [0.25, 0.3) is 11.4 Å². The fourth-order valence-corrected chi connectivity index (χ4v) is 1.41. The van der Waals surface area contributed by atoms with Crippen molar-refractivity contribution < 1.29 is 0 Å². The molecule has 78 valence electrons. The molecule has 0 bridgehead atoms. The quantitative estimate of drug-likeness (QED) is 0.817. The van der Waals surface area contributed by atoms with Crippen LogP contribution in [0.3, 0.4) is 0 Å². The number of hydrogen-bond acceptors (Lipinski definition) is 4. The van der Waals surface area contributed by atoms with Gasteiger partial charge in [-0.15, -0.1) is 0 Å². The van der Waals surface area contributed by atoms with Crippen LogP contribution in [-0.4, -0.2) is 19.7 Å². The molecule has 0 atom stereocenters. The Morgan fingerprint density at radius 1 is 1.33 bits per heavy atom. The largest absolute Gasteiger partial charge is 0.382 e. The summed E-state index contributed by atoms with van der Waals surface area (Å²) in [4.78, 5) is 8.23. The van der Waals surface area contributed by atoms with Crippen LogP contribution in [0.1, 0.15) is 13.3 Å². The first kappa shape index (κ1) is 9.64. The Morgan fingerprint density at radius 2 is 2.20 bits per heavy atom. The molecule has 0 aromatic carbocycles. The summed E-state index contributed by atoms with van der Waals surface area (Å²) < 4.78 is 1.92. The second-order valence-corrected chi connectivity index (χ2v) is 3.27. The summed E-state index contributed by atoms with van der Waals surface area (Å²) in [6.45, 7) is 2.99. The summed E-state index contributed by atoms with van der Waals surface area (Å²) in [7, 11) is 0. The molecule has 0 fully saturated rings. The Labute approximate surface area is 88.0 Å². The first-order chi connectivity index (χ1) is 7.31. The molecule has 5 nitrogen and oxygen atoms in total. The van der Waals surface area contributed by atoms with Crippen molar-refractivity contribution in [2.24, 2.45) is 0 Å². The van der Waals surface area contributed by atoms with Gasteiger partial charge >= 0.3 is 0 Å². The molecule has 15 heavy (non-hydrogen) atoms. The van der Waals surface area contributed by atoms with Crippen molar-refractivity contribution in [3.05, 3.63) is 24.7 Å². The third-order valence-electron chi connectivity index (χ3n) is 2.09. The molecular weight excluding hydrogens is 190 g/mol. The topological polar surface area (TPSA) is 69.6 Å². The molecule has 0 aliphatic rings. The molecular formula is C10H13N5. The summed E-state index contributed by atoms with van der Waals surface area (Å²) in [6.07, 6.45) is 6.03. The summed E-state index contributed by atoms with van der Waals surface area (Å²) >= 11 is 0. The molecule has 2 aromatic heterocycles. The van der Waals surface area contributed by atoms with Crippen LogP contribution in [-0.2, 0) is 6.54 Å². The van der Waals surface area contributed by atoms with E-state index < -0.39 is 0 Å². The van der Waals surface area contributed by atoms with E-state index in [-0.39, 0.29) is 0 Å². The minimum atomic E-state index is 0.431. The highest BCUT2D eigenvalue weighted by Crippen LogP contribution is 2.15. The maximum atomic E-state index is 5.48. The van der Waals surface area contributed by atoms with Gasteiger partial charge in [0.15, 0.2) is 0 Å². The predicted molar refractivity (Wildman–Crippen MR) is 58.0 cm³/mol. The number of rotatable bonds is 3. The maximum absolute atomic E-state index is 5.48. The average Bonchev–Trinajstić information content (AvgIpc) is 2.68. The molecule has 0 saturated heterocycles. The molecule has 0 aliphatic heterocycles. The van der Waals surface area contributed by atoms with Crippen LogP contribution in [0.15, 0.2) is 24.7 Å². The Hall–Kier alpha value is -1.91. The van der Waals surface area contributed by atoms with E-state index in [2.05, 4.69) is 22.0 Å². The number of anilines is 1. The molecule has 0 spiro atoms. The second-order valence-electron chi connectivity index (χ2n) is 3.27. The third-order valence-corrected chi connectivity index (χ3v) is 2.09. The van der Waals surface area contributed by atoms with Gasteiger partial charge in [-0.05, 0) is 12.5 Å². The van der Waals surface area contributed by atoms with Crippen LogP contribution >= 0.6 is 0 Å². The van der Waals surface area contributed by atoms with Crippen LogP contribution < -0.4 is 5.73 Å². The highest BCUT2D eigenvalue weighted by Gasteiger charge is 2.05. The van der Waals surface area contributed by atoms with Crippen LogP contribution in [0.2, 0.25) is 0 Å². The molecule has 0 radical (unpaired) electrons. The van der Waals surface area contributed by atoms with Crippen molar-refractivity contribution in [3.63, 3.8) is 0 Å². The number of nitrogens with zero attached hydrogens (tertiary/aromatic N) is 4. The number of aromatic nitrogens is 4. The van der Waals surface area contributed by atoms with Gasteiger partial charge in [-0.2, -0.15) is 5.10 Å². The normalized spacial score (nSPS) is 10.5. The van der Waals surface area contributed by atoms with Gasteiger partial charge in [0.1, 0.15) is 11.5 Å². The van der Waals surface area contributed by atoms with E-state index in [1.165, 1.54) is 0 Å². The van der Waals surface area contributed by atoms with E-state index in [1.807, 2.05) is 10.7 Å². The van der Waals surface area contributed by atoms with E-state index >= 15 is 0 Å². The lowest BCUT2D eigenvalue weighted by molar-refractivity contribution is 0.608. The van der Waals surface area contributed by atoms with E-state index in [9.17, 15) is 0 Å². The molecule has 2 rings (SSSR count). The average molecular weight is 203 g/mol. The molecule has 5 heteroatoms. The molecule has 2 aromatic rings. The molecule has 0 unspecified atom stereocenters. The van der Waals surface area contributed by atoms with Crippen molar-refractivity contribution in [2.45, 2.75) is 19.9 Å². The van der Waals surface area contributed by atoms with Gasteiger partial charge in [0.25, 0.3) is 0 Å². The van der Waals surface area contributed by atoms with Gasteiger partial charge < -0.3 is 5.73 Å². The third kappa shape index (κ3) is 1.96. The van der Waals surface area contributed by atoms with Gasteiger partial charge in [-0.3, -0.25) is 4.68 Å². The van der Waals surface area contributed by atoms with Crippen molar-refractivity contribution >= 4 is 5.82 Å². The molecule has 0 amide bonds. The molecule has 0 saturated carbocycles. The number of aryl methyl sites for hydroxylation is 1. The van der Waals surface area contributed by atoms with Gasteiger partial charge in [0, 0.05) is 12.7 Å². The maximum Gasteiger partial charge on any atom is 0.141 e. The van der Waals surface area contributed by atoms with Crippen molar-refractivity contribution in [1.29, 1.82) is 0 Å². The van der Waals surface area contributed by atoms with Gasteiger partial charge in [-0.1, -0.05) is 6.92 Å². The van der Waals surface area contributed by atoms with Crippen LogP contribution in [0, 0.1) is 0 Å². The SMILES string of the molecule is CCCn1nccc1-c1cnc(N)cn1. The lowest BCUT2D eigenvalue weighted by atomic mass is 10.3. The van der Waals surface area contributed by atoms with E-state index in [0.717, 1.165) is 24.4 Å². The smallest absolute Gasteiger partial charge is 0.141 e. The van der Waals surface area contributed by atoms with Crippen molar-refractivity contribution in [2.75, 3.05) is 5.73 Å². The minimum Gasteiger partial charge on any atom is -0.382 e. The fourth-order valence-electron chi connectivity index (χ4n) is 1.41. The number of nitrogens with two attached hydrogens (primary N) is 1. The number of nitrogen functional groups attached to an aromatic ring is 1. The Kier molecular flexibility index (Phi) is 2.62. The molecule has 0 aliphatic carbocycles. The monoisotopic (exact) mass is 203 g/mol. The second kappa shape index (κ2) is 4.08. The minimum absolute atomic E-state index is 0.431. The lowest BCUT2D eigenvalue weighted by Gasteiger charge is -2.04. The van der Waals surface area contributed by atoms with Gasteiger partial charge in [-0.25, -0.2) is 9.97 Å². The zero-order valence-electron chi connectivity index (χ0n) is 8.59. The standard InChI is InChI=1S/C10H13N5/c1-2-5-15-9(3-4-14-15)8-6-13-10(11)7-12-8/h3-4,6-7H,2,5H2,1H3,(H2,11,13). The zero-order chi connectivity index (χ0) is 10.7. The summed E-state index contributed by atoms with van der Waals surface area (Å²) in [6, 6.07) is 1.93. The molecule has 2 N–H and O–H groups in total. The Bertz CT molecular complexity index is 431. The zero-order valence-corrected chi connectivity index (χ0v) is 8.59. The summed E-state index contributed by atoms with van der Waals surface area (Å²) in [5.74, 6) is 0.431. The Morgan fingerprint density at radius 3 is 2.87 bits per heavy atom. The van der Waals surface area contributed by atoms with E-state index in [0.29, 0.717) is 5.82 Å². The Balaban J connectivity index is 2.36. The summed E-state index contributed by atoms with van der Waals surface area (Å²) in [5, 5.41) is 4.22. The highest BCUT2D eigenvalue weighted by atomic mass is 15.3. The highest BCUT2D eigenvalue weighted by molar-refractivity contribution is 5.53. The van der Waals surface area contributed by atoms with E-state index in [4.69, 9.17) is 5.73 Å². The van der Waals surface area contributed by atoms with Crippen LogP contribution in [0.5, 0.6) is 0 Å². The predicted octanol–water partition coefficient (Wildman–Crippen LogP) is 1.33. The van der Waals surface area contributed by atoms with Crippen molar-refractivity contribution in [1.82, 2.24) is 19.7 Å². The first-order valence-corrected chi connectivity index (χ1v) is 4.91. The molecule has 2 heterocycles. The fraction of sp³-hybridized carbons (Fsp3) is 0.300.